The van der Waals surface area contributed by atoms with Crippen LogP contribution in [-0.2, 0) is 17.8 Å². The third-order valence-electron chi connectivity index (χ3n) is 5.36. The van der Waals surface area contributed by atoms with Crippen LogP contribution in [0.3, 0.4) is 0 Å². The van der Waals surface area contributed by atoms with Gasteiger partial charge in [0.2, 0.25) is 0 Å². The van der Waals surface area contributed by atoms with Gasteiger partial charge < -0.3 is 14.6 Å². The molecule has 0 atom stereocenters. The highest BCUT2D eigenvalue weighted by molar-refractivity contribution is 6.23. The first-order valence-electron chi connectivity index (χ1n) is 10.1. The van der Waals surface area contributed by atoms with Crippen LogP contribution in [-0.4, -0.2) is 29.4 Å². The lowest BCUT2D eigenvalue weighted by atomic mass is 9.87. The number of nitrogens with zero attached hydrogens (tertiary/aromatic N) is 1. The van der Waals surface area contributed by atoms with Crippen LogP contribution in [0.4, 0.5) is 0 Å². The topological polar surface area (TPSA) is 45.3 Å². The average Bonchev–Trinajstić information content (AvgIpc) is 3.11. The van der Waals surface area contributed by atoms with E-state index >= 15 is 0 Å². The number of H-pyrrole nitrogens is 1. The lowest BCUT2D eigenvalue weighted by molar-refractivity contribution is -0.125. The number of hydrogen-bond donors (Lipinski definition) is 1. The number of nitrogens with one attached hydrogen (secondary N) is 1. The fourth-order valence-electron chi connectivity index (χ4n) is 3.99. The van der Waals surface area contributed by atoms with E-state index in [-0.39, 0.29) is 11.3 Å². The number of amides is 1. The quantitative estimate of drug-likeness (QED) is 0.628. The van der Waals surface area contributed by atoms with Crippen molar-refractivity contribution in [3.8, 4) is 5.75 Å². The summed E-state index contributed by atoms with van der Waals surface area (Å²) in [6.45, 7) is 7.68. The van der Waals surface area contributed by atoms with E-state index in [2.05, 4.69) is 50.2 Å². The van der Waals surface area contributed by atoms with Crippen molar-refractivity contribution in [1.29, 1.82) is 0 Å². The Hall–Kier alpha value is -3.01. The van der Waals surface area contributed by atoms with Crippen molar-refractivity contribution in [2.75, 3.05) is 13.7 Å². The number of aromatic amines is 1. The molecule has 0 bridgehead atoms. The van der Waals surface area contributed by atoms with Gasteiger partial charge in [-0.25, -0.2) is 0 Å². The minimum absolute atomic E-state index is 0.0927. The highest BCUT2D eigenvalue weighted by Crippen LogP contribution is 2.34. The third kappa shape index (κ3) is 3.93. The summed E-state index contributed by atoms with van der Waals surface area (Å²) in [6.07, 6.45) is 5.04. The molecule has 0 spiro atoms. The van der Waals surface area contributed by atoms with E-state index in [0.29, 0.717) is 13.1 Å². The molecule has 2 heterocycles. The van der Waals surface area contributed by atoms with Crippen LogP contribution < -0.4 is 4.74 Å². The van der Waals surface area contributed by atoms with Crippen LogP contribution in [0.2, 0.25) is 0 Å². The van der Waals surface area contributed by atoms with Gasteiger partial charge in [0.1, 0.15) is 5.75 Å². The van der Waals surface area contributed by atoms with Crippen molar-refractivity contribution in [3.05, 3.63) is 71.4 Å². The number of carbonyl (C=O) groups is 1. The number of allylic oxidation sites excluding steroid dienone is 1. The van der Waals surface area contributed by atoms with E-state index < -0.39 is 0 Å². The zero-order valence-electron chi connectivity index (χ0n) is 17.6. The van der Waals surface area contributed by atoms with Gasteiger partial charge in [0.05, 0.1) is 7.11 Å². The minimum Gasteiger partial charge on any atom is -0.497 e. The van der Waals surface area contributed by atoms with Gasteiger partial charge in [-0.15, -0.1) is 0 Å². The molecule has 29 heavy (non-hydrogen) atoms. The van der Waals surface area contributed by atoms with Crippen molar-refractivity contribution >= 4 is 22.4 Å². The molecule has 0 fully saturated rings. The molecule has 0 saturated carbocycles. The number of hydrogen-bond acceptors (Lipinski definition) is 2. The summed E-state index contributed by atoms with van der Waals surface area (Å²) >= 11 is 0. The molecule has 0 saturated heterocycles. The molecule has 3 aromatic rings. The van der Waals surface area contributed by atoms with Gasteiger partial charge in [-0.3, -0.25) is 4.79 Å². The third-order valence-corrected chi connectivity index (χ3v) is 5.36. The Kier molecular flexibility index (Phi) is 4.95. The average molecular weight is 389 g/mol. The molecule has 1 aromatic heterocycles. The molecule has 1 aliphatic heterocycles. The van der Waals surface area contributed by atoms with Crippen molar-refractivity contribution in [3.63, 3.8) is 0 Å². The predicted octanol–water partition coefficient (Wildman–Crippen LogP) is 5.19. The van der Waals surface area contributed by atoms with Crippen LogP contribution in [0.25, 0.3) is 16.5 Å². The monoisotopic (exact) mass is 388 g/mol. The summed E-state index contributed by atoms with van der Waals surface area (Å²) in [4.78, 5) is 19.0. The summed E-state index contributed by atoms with van der Waals surface area (Å²) in [5, 5.41) is 1.18. The van der Waals surface area contributed by atoms with E-state index in [0.717, 1.165) is 34.4 Å². The van der Waals surface area contributed by atoms with Crippen molar-refractivity contribution in [2.45, 2.75) is 33.7 Å². The maximum absolute atomic E-state index is 13.7. The Balaban J connectivity index is 1.78. The van der Waals surface area contributed by atoms with E-state index in [1.807, 2.05) is 35.2 Å². The molecule has 4 rings (SSSR count). The van der Waals surface area contributed by atoms with Crippen LogP contribution in [0.5, 0.6) is 5.75 Å². The standard InChI is InChI=1S/C25H28N2O2/c1-25(2,3)14-21-20-6-5-7-22-23(20)18(15-26-22)12-13-27(24(21)28)16-17-8-10-19(29-4)11-9-17/h5-11,14-15,26H,12-13,16H2,1-4H3/b21-14-. The summed E-state index contributed by atoms with van der Waals surface area (Å²) in [5.74, 6) is 0.916. The van der Waals surface area contributed by atoms with Crippen molar-refractivity contribution in [2.24, 2.45) is 5.41 Å². The normalized spacial score (nSPS) is 16.2. The van der Waals surface area contributed by atoms with E-state index in [4.69, 9.17) is 4.74 Å². The second-order valence-electron chi connectivity index (χ2n) is 8.79. The van der Waals surface area contributed by atoms with Crippen molar-refractivity contribution < 1.29 is 9.53 Å². The molecular formula is C25H28N2O2. The number of benzene rings is 2. The lowest BCUT2D eigenvalue weighted by Gasteiger charge is -2.28. The maximum atomic E-state index is 13.7. The molecule has 0 unspecified atom stereocenters. The van der Waals surface area contributed by atoms with Gasteiger partial charge in [0.25, 0.3) is 5.91 Å². The van der Waals surface area contributed by atoms with Gasteiger partial charge in [-0.2, -0.15) is 0 Å². The second kappa shape index (κ2) is 7.43. The van der Waals surface area contributed by atoms with E-state index in [1.165, 1.54) is 10.9 Å². The predicted molar refractivity (Wildman–Crippen MR) is 118 cm³/mol. The van der Waals surface area contributed by atoms with Gasteiger partial charge in [-0.05, 0) is 46.7 Å². The maximum Gasteiger partial charge on any atom is 0.254 e. The summed E-state index contributed by atoms with van der Waals surface area (Å²) in [7, 11) is 1.66. The highest BCUT2D eigenvalue weighted by atomic mass is 16.5. The highest BCUT2D eigenvalue weighted by Gasteiger charge is 2.27. The van der Waals surface area contributed by atoms with Gasteiger partial charge in [0, 0.05) is 35.8 Å². The first-order chi connectivity index (χ1) is 13.9. The van der Waals surface area contributed by atoms with Gasteiger partial charge >= 0.3 is 0 Å². The Morgan fingerprint density at radius 1 is 1.14 bits per heavy atom. The number of rotatable bonds is 3. The smallest absolute Gasteiger partial charge is 0.254 e. The fraction of sp³-hybridized carbons (Fsp3) is 0.320. The first kappa shape index (κ1) is 19.3. The van der Waals surface area contributed by atoms with Crippen LogP contribution in [0.15, 0.2) is 54.7 Å². The van der Waals surface area contributed by atoms with Gasteiger partial charge in [-0.1, -0.05) is 51.1 Å². The Morgan fingerprint density at radius 2 is 1.90 bits per heavy atom. The van der Waals surface area contributed by atoms with Crippen molar-refractivity contribution in [1.82, 2.24) is 9.88 Å². The summed E-state index contributed by atoms with van der Waals surface area (Å²) < 4.78 is 5.26. The second-order valence-corrected chi connectivity index (χ2v) is 8.79. The summed E-state index contributed by atoms with van der Waals surface area (Å²) in [6, 6.07) is 14.1. The molecule has 150 valence electrons. The largest absolute Gasteiger partial charge is 0.497 e. The first-order valence-corrected chi connectivity index (χ1v) is 10.1. The van der Waals surface area contributed by atoms with E-state index in [9.17, 15) is 4.79 Å². The number of ether oxygens (including phenoxy) is 1. The molecule has 4 nitrogen and oxygen atoms in total. The molecule has 0 radical (unpaired) electrons. The molecule has 4 heteroatoms. The minimum atomic E-state index is -0.103. The fourth-order valence-corrected chi connectivity index (χ4v) is 3.99. The van der Waals surface area contributed by atoms with Crippen LogP contribution in [0.1, 0.15) is 37.5 Å². The van der Waals surface area contributed by atoms with Crippen LogP contribution in [0, 0.1) is 5.41 Å². The summed E-state index contributed by atoms with van der Waals surface area (Å²) in [5.41, 5.74) is 5.17. The Morgan fingerprint density at radius 3 is 2.59 bits per heavy atom. The lowest BCUT2D eigenvalue weighted by Crippen LogP contribution is -2.34. The Bertz CT molecular complexity index is 1070. The number of carbonyl (C=O) groups excluding carboxylic acids is 1. The SMILES string of the molecule is COc1ccc(CN2CCc3c[nH]c4cccc(c34)/C(=C/C(C)(C)C)C2=O)cc1. The molecule has 1 N–H and O–H groups in total. The Labute approximate surface area is 172 Å². The van der Waals surface area contributed by atoms with Crippen LogP contribution >= 0.6 is 0 Å². The molecule has 2 aromatic carbocycles. The number of aromatic nitrogens is 1. The zero-order chi connectivity index (χ0) is 20.6. The van der Waals surface area contributed by atoms with Gasteiger partial charge in [0.15, 0.2) is 0 Å². The molecular weight excluding hydrogens is 360 g/mol. The van der Waals surface area contributed by atoms with E-state index in [1.54, 1.807) is 7.11 Å². The molecule has 0 aliphatic carbocycles. The molecule has 1 amide bonds. The zero-order valence-corrected chi connectivity index (χ0v) is 17.6. The molecule has 1 aliphatic rings. The number of methoxy groups -OCH3 is 1.